The summed E-state index contributed by atoms with van der Waals surface area (Å²) in [6, 6.07) is 6.08. The largest absolute Gasteiger partial charge is 0.411 e. The summed E-state index contributed by atoms with van der Waals surface area (Å²) in [4.78, 5) is 12.5. The second-order valence-electron chi connectivity index (χ2n) is 7.02. The summed E-state index contributed by atoms with van der Waals surface area (Å²) >= 11 is 1.23. The molecule has 0 unspecified atom stereocenters. The van der Waals surface area contributed by atoms with Crippen LogP contribution in [0.2, 0.25) is 0 Å². The molecule has 1 heterocycles. The van der Waals surface area contributed by atoms with Crippen LogP contribution in [0.3, 0.4) is 0 Å². The van der Waals surface area contributed by atoms with Crippen LogP contribution in [0.25, 0.3) is 11.5 Å². The number of nitrogens with one attached hydrogen (secondary N) is 1. The molecule has 1 aliphatic rings. The molecule has 0 saturated heterocycles. The van der Waals surface area contributed by atoms with Crippen LogP contribution in [0.1, 0.15) is 40.0 Å². The number of halogens is 1. The monoisotopic (exact) mass is 377 g/mol. The average molecular weight is 377 g/mol. The molecule has 5 nitrogen and oxygen atoms in total. The maximum Gasteiger partial charge on any atom is 0.277 e. The predicted octanol–water partition coefficient (Wildman–Crippen LogP) is 4.30. The third-order valence-corrected chi connectivity index (χ3v) is 6.11. The van der Waals surface area contributed by atoms with Crippen molar-refractivity contribution >= 4 is 17.7 Å². The van der Waals surface area contributed by atoms with Gasteiger partial charge in [-0.05, 0) is 49.4 Å². The Morgan fingerprint density at radius 1 is 1.27 bits per heavy atom. The third-order valence-electron chi connectivity index (χ3n) is 5.18. The summed E-state index contributed by atoms with van der Waals surface area (Å²) in [7, 11) is 0. The van der Waals surface area contributed by atoms with Gasteiger partial charge in [-0.3, -0.25) is 4.79 Å². The van der Waals surface area contributed by atoms with E-state index in [2.05, 4.69) is 29.4 Å². The summed E-state index contributed by atoms with van der Waals surface area (Å²) in [5.41, 5.74) is 0.646. The van der Waals surface area contributed by atoms with E-state index in [0.717, 1.165) is 12.8 Å². The number of amides is 1. The van der Waals surface area contributed by atoms with Gasteiger partial charge in [0, 0.05) is 11.6 Å². The Bertz CT molecular complexity index is 749. The SMILES string of the molecule is C[C@@H]1[C@H](C)CCC[C@H]1NC(=O)[C@H](C)Sc1nnc(-c2ccc(F)cc2)o1. The minimum Gasteiger partial charge on any atom is -0.411 e. The molecule has 0 radical (unpaired) electrons. The van der Waals surface area contributed by atoms with Gasteiger partial charge in [-0.2, -0.15) is 0 Å². The number of nitrogens with zero attached hydrogens (tertiary/aromatic N) is 2. The quantitative estimate of drug-likeness (QED) is 0.787. The third kappa shape index (κ3) is 4.44. The van der Waals surface area contributed by atoms with Gasteiger partial charge in [0.1, 0.15) is 5.82 Å². The minimum absolute atomic E-state index is 0.0116. The van der Waals surface area contributed by atoms with Crippen LogP contribution in [0.4, 0.5) is 4.39 Å². The highest BCUT2D eigenvalue weighted by Gasteiger charge is 2.29. The van der Waals surface area contributed by atoms with E-state index in [9.17, 15) is 9.18 Å². The Balaban J connectivity index is 1.58. The molecule has 0 bridgehead atoms. The van der Waals surface area contributed by atoms with Crippen molar-refractivity contribution in [2.45, 2.75) is 56.5 Å². The summed E-state index contributed by atoms with van der Waals surface area (Å²) in [5.74, 6) is 1.10. The zero-order chi connectivity index (χ0) is 18.7. The number of benzene rings is 1. The van der Waals surface area contributed by atoms with E-state index < -0.39 is 0 Å². The van der Waals surface area contributed by atoms with Crippen LogP contribution in [-0.4, -0.2) is 27.4 Å². The van der Waals surface area contributed by atoms with Gasteiger partial charge < -0.3 is 9.73 Å². The lowest BCUT2D eigenvalue weighted by atomic mass is 9.78. The van der Waals surface area contributed by atoms with Crippen molar-refractivity contribution < 1.29 is 13.6 Å². The second kappa shape index (κ2) is 8.20. The van der Waals surface area contributed by atoms with Gasteiger partial charge in [0.25, 0.3) is 5.22 Å². The van der Waals surface area contributed by atoms with Gasteiger partial charge in [0.2, 0.25) is 11.8 Å². The van der Waals surface area contributed by atoms with Gasteiger partial charge in [-0.15, -0.1) is 10.2 Å². The predicted molar refractivity (Wildman–Crippen MR) is 99.1 cm³/mol. The molecular weight excluding hydrogens is 353 g/mol. The molecule has 1 aliphatic carbocycles. The lowest BCUT2D eigenvalue weighted by Gasteiger charge is -2.35. The highest BCUT2D eigenvalue weighted by molar-refractivity contribution is 8.00. The van der Waals surface area contributed by atoms with Crippen LogP contribution in [0.15, 0.2) is 33.9 Å². The molecular formula is C19H24FN3O2S. The molecule has 3 rings (SSSR count). The average Bonchev–Trinajstić information content (AvgIpc) is 3.08. The van der Waals surface area contributed by atoms with E-state index >= 15 is 0 Å². The molecule has 1 saturated carbocycles. The topological polar surface area (TPSA) is 68.0 Å². The maximum absolute atomic E-state index is 13.0. The van der Waals surface area contributed by atoms with Crippen molar-refractivity contribution in [3.05, 3.63) is 30.1 Å². The highest BCUT2D eigenvalue weighted by atomic mass is 32.2. The summed E-state index contributed by atoms with van der Waals surface area (Å²) in [6.45, 7) is 6.29. The summed E-state index contributed by atoms with van der Waals surface area (Å²) in [6.07, 6.45) is 3.42. The fourth-order valence-corrected chi connectivity index (χ4v) is 3.95. The fourth-order valence-electron chi connectivity index (χ4n) is 3.26. The van der Waals surface area contributed by atoms with Crippen LogP contribution < -0.4 is 5.32 Å². The number of rotatable bonds is 5. The number of carbonyl (C=O) groups is 1. The van der Waals surface area contributed by atoms with Gasteiger partial charge >= 0.3 is 0 Å². The van der Waals surface area contributed by atoms with E-state index in [1.165, 1.54) is 30.3 Å². The summed E-state index contributed by atoms with van der Waals surface area (Å²) < 4.78 is 18.6. The van der Waals surface area contributed by atoms with E-state index in [0.29, 0.717) is 28.5 Å². The molecule has 4 atom stereocenters. The van der Waals surface area contributed by atoms with E-state index in [4.69, 9.17) is 4.42 Å². The Morgan fingerprint density at radius 2 is 2.00 bits per heavy atom. The van der Waals surface area contributed by atoms with Crippen molar-refractivity contribution in [1.29, 1.82) is 0 Å². The fraction of sp³-hybridized carbons (Fsp3) is 0.526. The highest BCUT2D eigenvalue weighted by Crippen LogP contribution is 2.30. The number of hydrogen-bond donors (Lipinski definition) is 1. The molecule has 1 fully saturated rings. The Hall–Kier alpha value is -1.89. The van der Waals surface area contributed by atoms with E-state index in [1.54, 1.807) is 12.1 Å². The van der Waals surface area contributed by atoms with Crippen molar-refractivity contribution in [2.75, 3.05) is 0 Å². The molecule has 1 aromatic heterocycles. The lowest BCUT2D eigenvalue weighted by Crippen LogP contribution is -2.46. The normalized spacial score (nSPS) is 24.2. The first-order chi connectivity index (χ1) is 12.4. The molecule has 1 amide bonds. The number of carbonyl (C=O) groups excluding carboxylic acids is 1. The first-order valence-corrected chi connectivity index (χ1v) is 9.88. The Kier molecular flexibility index (Phi) is 5.96. The van der Waals surface area contributed by atoms with E-state index in [-0.39, 0.29) is 23.0 Å². The molecule has 0 aliphatic heterocycles. The molecule has 26 heavy (non-hydrogen) atoms. The molecule has 1 N–H and O–H groups in total. The van der Waals surface area contributed by atoms with Gasteiger partial charge in [-0.1, -0.05) is 38.5 Å². The van der Waals surface area contributed by atoms with Gasteiger partial charge in [0.05, 0.1) is 5.25 Å². The van der Waals surface area contributed by atoms with Crippen LogP contribution in [-0.2, 0) is 4.79 Å². The van der Waals surface area contributed by atoms with Crippen LogP contribution >= 0.6 is 11.8 Å². The standard InChI is InChI=1S/C19H24FN3O2S/c1-11-5-4-6-16(12(11)2)21-17(24)13(3)26-19-23-22-18(25-19)14-7-9-15(20)10-8-14/h7-13,16H,4-6H2,1-3H3,(H,21,24)/t11-,12-,13+,16-/m1/s1. The smallest absolute Gasteiger partial charge is 0.277 e. The first kappa shape index (κ1) is 18.9. The number of hydrogen-bond acceptors (Lipinski definition) is 5. The molecule has 7 heteroatoms. The van der Waals surface area contributed by atoms with Crippen molar-refractivity contribution in [2.24, 2.45) is 11.8 Å². The number of thioether (sulfide) groups is 1. The zero-order valence-corrected chi connectivity index (χ0v) is 16.1. The minimum atomic E-state index is -0.332. The van der Waals surface area contributed by atoms with Crippen molar-refractivity contribution in [3.8, 4) is 11.5 Å². The van der Waals surface area contributed by atoms with Gasteiger partial charge in [0.15, 0.2) is 0 Å². The van der Waals surface area contributed by atoms with Crippen LogP contribution in [0.5, 0.6) is 0 Å². The van der Waals surface area contributed by atoms with Crippen molar-refractivity contribution in [3.63, 3.8) is 0 Å². The molecule has 2 aromatic rings. The zero-order valence-electron chi connectivity index (χ0n) is 15.2. The molecule has 1 aromatic carbocycles. The number of aromatic nitrogens is 2. The molecule has 140 valence electrons. The van der Waals surface area contributed by atoms with E-state index in [1.807, 2.05) is 6.92 Å². The molecule has 0 spiro atoms. The lowest BCUT2D eigenvalue weighted by molar-refractivity contribution is -0.121. The maximum atomic E-state index is 13.0. The Morgan fingerprint density at radius 3 is 2.73 bits per heavy atom. The van der Waals surface area contributed by atoms with Gasteiger partial charge in [-0.25, -0.2) is 4.39 Å². The second-order valence-corrected chi connectivity index (χ2v) is 8.31. The van der Waals surface area contributed by atoms with Crippen molar-refractivity contribution in [1.82, 2.24) is 15.5 Å². The summed E-state index contributed by atoms with van der Waals surface area (Å²) in [5, 5.41) is 11.1. The first-order valence-electron chi connectivity index (χ1n) is 9.00. The van der Waals surface area contributed by atoms with Crippen LogP contribution in [0, 0.1) is 17.7 Å². The Labute approximate surface area is 157 Å².